The number of hydrogen-bond donors (Lipinski definition) is 2. The highest BCUT2D eigenvalue weighted by molar-refractivity contribution is 5.32. The van der Waals surface area contributed by atoms with Crippen LogP contribution in [0.1, 0.15) is 45.1 Å². The number of aromatic nitrogens is 2. The summed E-state index contributed by atoms with van der Waals surface area (Å²) in [6, 6.07) is 1.02. The summed E-state index contributed by atoms with van der Waals surface area (Å²) >= 11 is 0. The molecule has 0 spiro atoms. The molecule has 0 aliphatic heterocycles. The first-order chi connectivity index (χ1) is 9.70. The van der Waals surface area contributed by atoms with Crippen molar-refractivity contribution in [3.05, 3.63) is 18.0 Å². The second kappa shape index (κ2) is 7.55. The summed E-state index contributed by atoms with van der Waals surface area (Å²) in [6.45, 7) is 6.12. The van der Waals surface area contributed by atoms with Crippen molar-refractivity contribution >= 4 is 5.95 Å². The third-order valence-corrected chi connectivity index (χ3v) is 3.74. The fourth-order valence-corrected chi connectivity index (χ4v) is 2.29. The molecule has 112 valence electrons. The summed E-state index contributed by atoms with van der Waals surface area (Å²) in [4.78, 5) is 11.3. The highest BCUT2D eigenvalue weighted by atomic mass is 16.3. The van der Waals surface area contributed by atoms with Crippen LogP contribution in [0.3, 0.4) is 0 Å². The average molecular weight is 278 g/mol. The Morgan fingerprint density at radius 1 is 1.35 bits per heavy atom. The fourth-order valence-electron chi connectivity index (χ4n) is 2.29. The topological polar surface area (TPSA) is 61.3 Å². The summed E-state index contributed by atoms with van der Waals surface area (Å²) in [7, 11) is 0. The molecule has 0 amide bonds. The van der Waals surface area contributed by atoms with Crippen molar-refractivity contribution in [1.29, 1.82) is 0 Å². The predicted molar refractivity (Wildman–Crippen MR) is 80.7 cm³/mol. The van der Waals surface area contributed by atoms with Crippen LogP contribution in [0.5, 0.6) is 0 Å². The number of anilines is 1. The molecule has 5 heteroatoms. The van der Waals surface area contributed by atoms with Crippen LogP contribution in [-0.2, 0) is 6.54 Å². The summed E-state index contributed by atoms with van der Waals surface area (Å²) in [6.07, 6.45) is 8.30. The van der Waals surface area contributed by atoms with Crippen LogP contribution in [0, 0.1) is 0 Å². The van der Waals surface area contributed by atoms with Crippen molar-refractivity contribution < 1.29 is 5.11 Å². The third-order valence-electron chi connectivity index (χ3n) is 3.74. The van der Waals surface area contributed by atoms with Gasteiger partial charge in [0, 0.05) is 49.7 Å². The molecule has 5 nitrogen and oxygen atoms in total. The Balaban J connectivity index is 1.97. The average Bonchev–Trinajstić information content (AvgIpc) is 2.39. The summed E-state index contributed by atoms with van der Waals surface area (Å²) < 4.78 is 0. The van der Waals surface area contributed by atoms with Crippen LogP contribution >= 0.6 is 0 Å². The van der Waals surface area contributed by atoms with Gasteiger partial charge in [-0.1, -0.05) is 13.8 Å². The molecule has 1 aromatic rings. The van der Waals surface area contributed by atoms with Crippen LogP contribution in [0.25, 0.3) is 0 Å². The molecular weight excluding hydrogens is 252 g/mol. The SMILES string of the molecule is CC(C)NCc1cnc(N(CCCO)C2CCC2)nc1. The van der Waals surface area contributed by atoms with E-state index >= 15 is 0 Å². The molecule has 1 fully saturated rings. The molecule has 1 saturated carbocycles. The normalized spacial score (nSPS) is 15.4. The van der Waals surface area contributed by atoms with Gasteiger partial charge in [0.2, 0.25) is 5.95 Å². The minimum Gasteiger partial charge on any atom is -0.396 e. The Hall–Kier alpha value is -1.20. The van der Waals surface area contributed by atoms with E-state index in [1.165, 1.54) is 19.3 Å². The standard InChI is InChI=1S/C15H26N4O/c1-12(2)16-9-13-10-17-15(18-11-13)19(7-4-8-20)14-5-3-6-14/h10-12,14,16,20H,3-9H2,1-2H3. The van der Waals surface area contributed by atoms with Crippen LogP contribution < -0.4 is 10.2 Å². The van der Waals surface area contributed by atoms with E-state index in [0.717, 1.165) is 31.0 Å². The van der Waals surface area contributed by atoms with Crippen molar-refractivity contribution in [2.45, 2.75) is 58.2 Å². The van der Waals surface area contributed by atoms with E-state index in [1.54, 1.807) is 0 Å². The second-order valence-corrected chi connectivity index (χ2v) is 5.78. The lowest BCUT2D eigenvalue weighted by Crippen LogP contribution is -2.42. The van der Waals surface area contributed by atoms with E-state index < -0.39 is 0 Å². The zero-order valence-electron chi connectivity index (χ0n) is 12.5. The first kappa shape index (κ1) is 15.2. The maximum atomic E-state index is 9.02. The van der Waals surface area contributed by atoms with Gasteiger partial charge in [-0.05, 0) is 25.7 Å². The molecule has 0 unspecified atom stereocenters. The van der Waals surface area contributed by atoms with Crippen molar-refractivity contribution in [1.82, 2.24) is 15.3 Å². The van der Waals surface area contributed by atoms with E-state index in [2.05, 4.69) is 34.0 Å². The Bertz CT molecular complexity index is 389. The smallest absolute Gasteiger partial charge is 0.225 e. The molecule has 1 aliphatic rings. The lowest BCUT2D eigenvalue weighted by Gasteiger charge is -2.37. The molecule has 2 N–H and O–H groups in total. The Kier molecular flexibility index (Phi) is 5.73. The molecule has 0 atom stereocenters. The van der Waals surface area contributed by atoms with E-state index in [9.17, 15) is 0 Å². The van der Waals surface area contributed by atoms with Gasteiger partial charge in [-0.25, -0.2) is 9.97 Å². The van der Waals surface area contributed by atoms with Crippen molar-refractivity contribution in [3.8, 4) is 0 Å². The van der Waals surface area contributed by atoms with Crippen LogP contribution in [0.2, 0.25) is 0 Å². The minimum absolute atomic E-state index is 0.222. The van der Waals surface area contributed by atoms with Gasteiger partial charge in [-0.3, -0.25) is 0 Å². The lowest BCUT2D eigenvalue weighted by molar-refractivity contribution is 0.282. The molecule has 20 heavy (non-hydrogen) atoms. The van der Waals surface area contributed by atoms with Crippen LogP contribution in [0.4, 0.5) is 5.95 Å². The van der Waals surface area contributed by atoms with Crippen molar-refractivity contribution in [2.24, 2.45) is 0 Å². The Morgan fingerprint density at radius 2 is 2.05 bits per heavy atom. The number of aliphatic hydroxyl groups is 1. The molecule has 0 bridgehead atoms. The summed E-state index contributed by atoms with van der Waals surface area (Å²) in [5.74, 6) is 0.802. The van der Waals surface area contributed by atoms with E-state index in [4.69, 9.17) is 5.11 Å². The van der Waals surface area contributed by atoms with Gasteiger partial charge in [0.15, 0.2) is 0 Å². The van der Waals surface area contributed by atoms with Gasteiger partial charge < -0.3 is 15.3 Å². The van der Waals surface area contributed by atoms with Gasteiger partial charge in [0.25, 0.3) is 0 Å². The van der Waals surface area contributed by atoms with Gasteiger partial charge in [-0.15, -0.1) is 0 Å². The van der Waals surface area contributed by atoms with E-state index in [0.29, 0.717) is 12.1 Å². The maximum absolute atomic E-state index is 9.02. The molecule has 0 radical (unpaired) electrons. The highest BCUT2D eigenvalue weighted by Crippen LogP contribution is 2.27. The zero-order chi connectivity index (χ0) is 14.4. The van der Waals surface area contributed by atoms with E-state index in [1.807, 2.05) is 12.4 Å². The Morgan fingerprint density at radius 3 is 2.55 bits per heavy atom. The maximum Gasteiger partial charge on any atom is 0.225 e. The third kappa shape index (κ3) is 4.15. The molecule has 0 saturated heterocycles. The zero-order valence-corrected chi connectivity index (χ0v) is 12.5. The van der Waals surface area contributed by atoms with Gasteiger partial charge >= 0.3 is 0 Å². The Labute approximate surface area is 121 Å². The molecular formula is C15H26N4O. The van der Waals surface area contributed by atoms with E-state index in [-0.39, 0.29) is 6.61 Å². The molecule has 0 aromatic carbocycles. The minimum atomic E-state index is 0.222. The lowest BCUT2D eigenvalue weighted by atomic mass is 9.91. The first-order valence-electron chi connectivity index (χ1n) is 7.62. The van der Waals surface area contributed by atoms with Crippen molar-refractivity contribution in [3.63, 3.8) is 0 Å². The van der Waals surface area contributed by atoms with Crippen LogP contribution in [-0.4, -0.2) is 40.3 Å². The molecule has 1 aliphatic carbocycles. The van der Waals surface area contributed by atoms with Gasteiger partial charge in [0.1, 0.15) is 0 Å². The first-order valence-corrected chi connectivity index (χ1v) is 7.62. The van der Waals surface area contributed by atoms with Crippen LogP contribution in [0.15, 0.2) is 12.4 Å². The number of rotatable bonds is 8. The number of hydrogen-bond acceptors (Lipinski definition) is 5. The van der Waals surface area contributed by atoms with Gasteiger partial charge in [0.05, 0.1) is 0 Å². The molecule has 2 rings (SSSR count). The highest BCUT2D eigenvalue weighted by Gasteiger charge is 2.26. The number of nitrogens with zero attached hydrogens (tertiary/aromatic N) is 3. The monoisotopic (exact) mass is 278 g/mol. The summed E-state index contributed by atoms with van der Waals surface area (Å²) in [5.41, 5.74) is 1.11. The second-order valence-electron chi connectivity index (χ2n) is 5.78. The summed E-state index contributed by atoms with van der Waals surface area (Å²) in [5, 5.41) is 12.4. The molecule has 1 aromatic heterocycles. The molecule has 1 heterocycles. The van der Waals surface area contributed by atoms with Gasteiger partial charge in [-0.2, -0.15) is 0 Å². The fraction of sp³-hybridized carbons (Fsp3) is 0.733. The van der Waals surface area contributed by atoms with Crippen molar-refractivity contribution in [2.75, 3.05) is 18.1 Å². The quantitative estimate of drug-likeness (QED) is 0.758. The largest absolute Gasteiger partial charge is 0.396 e. The number of aliphatic hydroxyl groups excluding tert-OH is 1. The predicted octanol–water partition coefficient (Wildman–Crippen LogP) is 1.72. The number of nitrogens with one attached hydrogen (secondary N) is 1.